The molecule has 0 fully saturated rings. The highest BCUT2D eigenvalue weighted by Gasteiger charge is 2.07. The van der Waals surface area contributed by atoms with Crippen molar-refractivity contribution < 1.29 is 19.1 Å². The number of nitrogens with one attached hydrogen (secondary N) is 1. The van der Waals surface area contributed by atoms with Crippen LogP contribution in [0.15, 0.2) is 53.6 Å². The maximum absolute atomic E-state index is 11.7. The van der Waals surface area contributed by atoms with Crippen LogP contribution in [0.1, 0.15) is 34.8 Å². The van der Waals surface area contributed by atoms with E-state index in [1.54, 1.807) is 30.5 Å². The maximum Gasteiger partial charge on any atom is 0.338 e. The Bertz CT molecular complexity index is 752. The van der Waals surface area contributed by atoms with Crippen LogP contribution in [0.5, 0.6) is 5.75 Å². The summed E-state index contributed by atoms with van der Waals surface area (Å²) in [7, 11) is 0. The molecule has 2 aromatic rings. The van der Waals surface area contributed by atoms with Gasteiger partial charge in [0.15, 0.2) is 6.61 Å². The van der Waals surface area contributed by atoms with Crippen LogP contribution in [0, 0.1) is 6.92 Å². The lowest BCUT2D eigenvalue weighted by atomic mass is 10.2. The van der Waals surface area contributed by atoms with Crippen molar-refractivity contribution in [2.45, 2.75) is 20.3 Å². The molecule has 0 spiro atoms. The Hall–Kier alpha value is -3.15. The molecule has 0 aliphatic heterocycles. The molecule has 0 atom stereocenters. The zero-order valence-electron chi connectivity index (χ0n) is 14.9. The van der Waals surface area contributed by atoms with E-state index in [9.17, 15) is 9.59 Å². The number of carbonyl (C=O) groups is 2. The van der Waals surface area contributed by atoms with Crippen LogP contribution in [-0.2, 0) is 9.53 Å². The first-order chi connectivity index (χ1) is 12.6. The summed E-state index contributed by atoms with van der Waals surface area (Å²) in [6.45, 7) is 4.14. The van der Waals surface area contributed by atoms with Gasteiger partial charge < -0.3 is 9.47 Å². The first-order valence-electron chi connectivity index (χ1n) is 8.37. The van der Waals surface area contributed by atoms with Crippen LogP contribution in [0.3, 0.4) is 0 Å². The maximum atomic E-state index is 11.7. The van der Waals surface area contributed by atoms with Crippen molar-refractivity contribution in [3.63, 3.8) is 0 Å². The predicted octanol–water partition coefficient (Wildman–Crippen LogP) is 3.09. The topological polar surface area (TPSA) is 77.0 Å². The average molecular weight is 354 g/mol. The second-order valence-electron chi connectivity index (χ2n) is 5.65. The zero-order chi connectivity index (χ0) is 18.8. The van der Waals surface area contributed by atoms with Gasteiger partial charge in [0.05, 0.1) is 18.4 Å². The summed E-state index contributed by atoms with van der Waals surface area (Å²) < 4.78 is 10.4. The molecule has 0 heterocycles. The fraction of sp³-hybridized carbons (Fsp3) is 0.250. The molecule has 26 heavy (non-hydrogen) atoms. The van der Waals surface area contributed by atoms with E-state index in [1.165, 1.54) is 0 Å². The van der Waals surface area contributed by atoms with Crippen molar-refractivity contribution in [1.82, 2.24) is 5.43 Å². The number of benzene rings is 2. The number of rotatable bonds is 8. The van der Waals surface area contributed by atoms with Crippen LogP contribution >= 0.6 is 0 Å². The highest BCUT2D eigenvalue weighted by atomic mass is 16.5. The molecule has 1 N–H and O–H groups in total. The first kappa shape index (κ1) is 19.2. The summed E-state index contributed by atoms with van der Waals surface area (Å²) in [6.07, 6.45) is 2.34. The van der Waals surface area contributed by atoms with Gasteiger partial charge in [0.1, 0.15) is 5.75 Å². The SMILES string of the molecule is CCCOC(=O)c1ccc(OCC(=O)NN=Cc2ccc(C)cc2)cc1. The molecule has 0 saturated carbocycles. The number of esters is 1. The van der Waals surface area contributed by atoms with Crippen LogP contribution < -0.4 is 10.2 Å². The number of carbonyl (C=O) groups excluding carboxylic acids is 2. The Morgan fingerprint density at radius 1 is 1.08 bits per heavy atom. The second-order valence-corrected chi connectivity index (χ2v) is 5.65. The van der Waals surface area contributed by atoms with Crippen molar-refractivity contribution in [2.24, 2.45) is 5.10 Å². The fourth-order valence-electron chi connectivity index (χ4n) is 1.98. The minimum atomic E-state index is -0.375. The van der Waals surface area contributed by atoms with Gasteiger partial charge in [0, 0.05) is 0 Å². The molecule has 1 amide bonds. The molecule has 136 valence electrons. The van der Waals surface area contributed by atoms with Crippen LogP contribution in [-0.4, -0.2) is 31.3 Å². The molecule has 0 saturated heterocycles. The molecule has 2 aromatic carbocycles. The summed E-state index contributed by atoms with van der Waals surface area (Å²) in [5, 5.41) is 3.88. The van der Waals surface area contributed by atoms with Gasteiger partial charge in [-0.15, -0.1) is 0 Å². The van der Waals surface area contributed by atoms with Crippen molar-refractivity contribution in [2.75, 3.05) is 13.2 Å². The highest BCUT2D eigenvalue weighted by molar-refractivity contribution is 5.89. The predicted molar refractivity (Wildman–Crippen MR) is 99.4 cm³/mol. The van der Waals surface area contributed by atoms with E-state index in [1.807, 2.05) is 38.1 Å². The lowest BCUT2D eigenvalue weighted by Gasteiger charge is -2.06. The van der Waals surface area contributed by atoms with Gasteiger partial charge in [0.2, 0.25) is 0 Å². The van der Waals surface area contributed by atoms with E-state index in [0.717, 1.165) is 17.5 Å². The molecular formula is C20H22N2O4. The van der Waals surface area contributed by atoms with E-state index < -0.39 is 0 Å². The lowest BCUT2D eigenvalue weighted by Crippen LogP contribution is -2.24. The molecule has 6 nitrogen and oxygen atoms in total. The average Bonchev–Trinajstić information content (AvgIpc) is 2.66. The Labute approximate surface area is 152 Å². The van der Waals surface area contributed by atoms with E-state index >= 15 is 0 Å². The number of hydrazone groups is 1. The Kier molecular flexibility index (Phi) is 7.36. The third-order valence-corrected chi connectivity index (χ3v) is 3.38. The minimum absolute atomic E-state index is 0.176. The van der Waals surface area contributed by atoms with Gasteiger partial charge in [0.25, 0.3) is 5.91 Å². The van der Waals surface area contributed by atoms with Crippen molar-refractivity contribution in [3.8, 4) is 5.75 Å². The first-order valence-corrected chi connectivity index (χ1v) is 8.37. The van der Waals surface area contributed by atoms with Crippen LogP contribution in [0.4, 0.5) is 0 Å². The van der Waals surface area contributed by atoms with Gasteiger partial charge in [-0.05, 0) is 43.2 Å². The quantitative estimate of drug-likeness (QED) is 0.449. The normalized spacial score (nSPS) is 10.5. The number of ether oxygens (including phenoxy) is 2. The van der Waals surface area contributed by atoms with Gasteiger partial charge >= 0.3 is 5.97 Å². The van der Waals surface area contributed by atoms with Crippen molar-refractivity contribution >= 4 is 18.1 Å². The van der Waals surface area contributed by atoms with Crippen LogP contribution in [0.2, 0.25) is 0 Å². The summed E-state index contributed by atoms with van der Waals surface area (Å²) in [6, 6.07) is 14.2. The molecule has 2 rings (SSSR count). The third-order valence-electron chi connectivity index (χ3n) is 3.38. The summed E-state index contributed by atoms with van der Waals surface area (Å²) in [4.78, 5) is 23.4. The highest BCUT2D eigenvalue weighted by Crippen LogP contribution is 2.13. The van der Waals surface area contributed by atoms with Crippen molar-refractivity contribution in [3.05, 3.63) is 65.2 Å². The zero-order valence-corrected chi connectivity index (χ0v) is 14.9. The van der Waals surface area contributed by atoms with Crippen LogP contribution in [0.25, 0.3) is 0 Å². The van der Waals surface area contributed by atoms with Gasteiger partial charge in [-0.25, -0.2) is 10.2 Å². The third kappa shape index (κ3) is 6.39. The van der Waals surface area contributed by atoms with E-state index in [2.05, 4.69) is 10.5 Å². The Balaban J connectivity index is 1.76. The van der Waals surface area contributed by atoms with E-state index in [0.29, 0.717) is 17.9 Å². The number of hydrogen-bond donors (Lipinski definition) is 1. The number of hydrogen-bond acceptors (Lipinski definition) is 5. The molecule has 0 bridgehead atoms. The summed E-state index contributed by atoms with van der Waals surface area (Å²) in [5.41, 5.74) is 4.89. The number of amides is 1. The standard InChI is InChI=1S/C20H22N2O4/c1-3-12-25-20(24)17-8-10-18(11-9-17)26-14-19(23)22-21-13-16-6-4-15(2)5-7-16/h4-11,13H,3,12,14H2,1-2H3,(H,22,23). The fourth-order valence-corrected chi connectivity index (χ4v) is 1.98. The second kappa shape index (κ2) is 9.98. The number of aryl methyl sites for hydroxylation is 1. The van der Waals surface area contributed by atoms with Crippen molar-refractivity contribution in [1.29, 1.82) is 0 Å². The lowest BCUT2D eigenvalue weighted by molar-refractivity contribution is -0.123. The molecule has 0 unspecified atom stereocenters. The Morgan fingerprint density at radius 2 is 1.77 bits per heavy atom. The van der Waals surface area contributed by atoms with E-state index in [4.69, 9.17) is 9.47 Å². The van der Waals surface area contributed by atoms with Gasteiger partial charge in [-0.3, -0.25) is 4.79 Å². The number of nitrogens with zero attached hydrogens (tertiary/aromatic N) is 1. The smallest absolute Gasteiger partial charge is 0.338 e. The van der Waals surface area contributed by atoms with E-state index in [-0.39, 0.29) is 18.5 Å². The molecule has 6 heteroatoms. The summed E-state index contributed by atoms with van der Waals surface area (Å²) >= 11 is 0. The molecule has 0 aromatic heterocycles. The van der Waals surface area contributed by atoms with Gasteiger partial charge in [-0.1, -0.05) is 36.8 Å². The molecular weight excluding hydrogens is 332 g/mol. The minimum Gasteiger partial charge on any atom is -0.484 e. The molecule has 0 radical (unpaired) electrons. The molecule has 0 aliphatic carbocycles. The monoisotopic (exact) mass is 354 g/mol. The van der Waals surface area contributed by atoms with Gasteiger partial charge in [-0.2, -0.15) is 5.10 Å². The molecule has 0 aliphatic rings. The summed E-state index contributed by atoms with van der Waals surface area (Å²) in [5.74, 6) is -0.268. The largest absolute Gasteiger partial charge is 0.484 e. The Morgan fingerprint density at radius 3 is 2.42 bits per heavy atom.